The molecule has 0 unspecified atom stereocenters. The first-order chi connectivity index (χ1) is 14.2. The van der Waals surface area contributed by atoms with Crippen LogP contribution in [0.2, 0.25) is 0 Å². The molecule has 4 nitrogen and oxygen atoms in total. The van der Waals surface area contributed by atoms with Crippen LogP contribution in [0.4, 0.5) is 10.1 Å². The summed E-state index contributed by atoms with van der Waals surface area (Å²) in [5, 5.41) is 0. The molecule has 0 N–H and O–H groups in total. The molecule has 0 radical (unpaired) electrons. The standard InChI is InChI=1S/C24H23FN2O2/c25-21-9-11-22(12-10-21)26-13-15-27(16-14-26)24(28)20-7-4-8-23(17-20)29-18-19-5-2-1-3-6-19/h1-12,17H,13-16,18H2. The number of hydrogen-bond acceptors (Lipinski definition) is 3. The van der Waals surface area contributed by atoms with Crippen LogP contribution in [0, 0.1) is 5.82 Å². The number of piperazine rings is 1. The molecule has 0 atom stereocenters. The fraction of sp³-hybridized carbons (Fsp3) is 0.208. The summed E-state index contributed by atoms with van der Waals surface area (Å²) in [4.78, 5) is 16.9. The van der Waals surface area contributed by atoms with Gasteiger partial charge in [-0.3, -0.25) is 4.79 Å². The lowest BCUT2D eigenvalue weighted by Crippen LogP contribution is -2.48. The molecule has 0 aromatic heterocycles. The molecule has 148 valence electrons. The Hall–Kier alpha value is -3.34. The minimum absolute atomic E-state index is 0.00826. The van der Waals surface area contributed by atoms with Gasteiger partial charge in [0.1, 0.15) is 18.2 Å². The maximum absolute atomic E-state index is 13.1. The monoisotopic (exact) mass is 390 g/mol. The zero-order valence-corrected chi connectivity index (χ0v) is 16.1. The molecule has 0 bridgehead atoms. The van der Waals surface area contributed by atoms with Crippen LogP contribution in [0.3, 0.4) is 0 Å². The Balaban J connectivity index is 1.35. The quantitative estimate of drug-likeness (QED) is 0.649. The van der Waals surface area contributed by atoms with Crippen LogP contribution >= 0.6 is 0 Å². The van der Waals surface area contributed by atoms with E-state index in [2.05, 4.69) is 4.90 Å². The van der Waals surface area contributed by atoms with E-state index in [1.165, 1.54) is 12.1 Å². The van der Waals surface area contributed by atoms with E-state index < -0.39 is 0 Å². The Morgan fingerprint density at radius 1 is 0.862 bits per heavy atom. The summed E-state index contributed by atoms with van der Waals surface area (Å²) in [7, 11) is 0. The summed E-state index contributed by atoms with van der Waals surface area (Å²) in [6.45, 7) is 3.18. The average molecular weight is 390 g/mol. The second kappa shape index (κ2) is 8.78. The predicted octanol–water partition coefficient (Wildman–Crippen LogP) is 4.37. The molecule has 1 aliphatic heterocycles. The average Bonchev–Trinajstić information content (AvgIpc) is 2.79. The number of hydrogen-bond donors (Lipinski definition) is 0. The van der Waals surface area contributed by atoms with Gasteiger partial charge in [0.15, 0.2) is 0 Å². The number of ether oxygens (including phenoxy) is 1. The fourth-order valence-corrected chi connectivity index (χ4v) is 3.46. The first-order valence-corrected chi connectivity index (χ1v) is 9.76. The number of anilines is 1. The molecule has 0 saturated carbocycles. The molecule has 1 aliphatic rings. The molecular weight excluding hydrogens is 367 g/mol. The number of carbonyl (C=O) groups excluding carboxylic acids is 1. The highest BCUT2D eigenvalue weighted by molar-refractivity contribution is 5.94. The zero-order valence-electron chi connectivity index (χ0n) is 16.1. The van der Waals surface area contributed by atoms with Crippen LogP contribution in [-0.2, 0) is 6.61 Å². The first-order valence-electron chi connectivity index (χ1n) is 9.76. The zero-order chi connectivity index (χ0) is 20.1. The Morgan fingerprint density at radius 2 is 1.59 bits per heavy atom. The largest absolute Gasteiger partial charge is 0.489 e. The topological polar surface area (TPSA) is 32.8 Å². The maximum Gasteiger partial charge on any atom is 0.254 e. The SMILES string of the molecule is O=C(c1cccc(OCc2ccccc2)c1)N1CCN(c2ccc(F)cc2)CC1. The van der Waals surface area contributed by atoms with Gasteiger partial charge in [-0.2, -0.15) is 0 Å². The van der Waals surface area contributed by atoms with Crippen molar-refractivity contribution in [1.29, 1.82) is 0 Å². The van der Waals surface area contributed by atoms with Crippen molar-refractivity contribution in [2.24, 2.45) is 0 Å². The van der Waals surface area contributed by atoms with Crippen molar-refractivity contribution in [3.8, 4) is 5.75 Å². The van der Waals surface area contributed by atoms with Gasteiger partial charge in [-0.05, 0) is 48.0 Å². The Morgan fingerprint density at radius 3 is 2.31 bits per heavy atom. The third-order valence-electron chi connectivity index (χ3n) is 5.09. The van der Waals surface area contributed by atoms with Crippen molar-refractivity contribution in [1.82, 2.24) is 4.90 Å². The highest BCUT2D eigenvalue weighted by Gasteiger charge is 2.22. The van der Waals surface area contributed by atoms with E-state index in [0.29, 0.717) is 31.0 Å². The molecule has 1 heterocycles. The van der Waals surface area contributed by atoms with Gasteiger partial charge in [-0.15, -0.1) is 0 Å². The minimum atomic E-state index is -0.239. The van der Waals surface area contributed by atoms with Crippen molar-refractivity contribution >= 4 is 11.6 Å². The summed E-state index contributed by atoms with van der Waals surface area (Å²) in [6.07, 6.45) is 0. The van der Waals surface area contributed by atoms with Crippen LogP contribution in [0.5, 0.6) is 5.75 Å². The van der Waals surface area contributed by atoms with E-state index in [4.69, 9.17) is 4.74 Å². The molecule has 3 aromatic rings. The van der Waals surface area contributed by atoms with E-state index >= 15 is 0 Å². The Bertz CT molecular complexity index is 952. The molecule has 3 aromatic carbocycles. The van der Waals surface area contributed by atoms with Crippen molar-refractivity contribution in [2.75, 3.05) is 31.1 Å². The molecular formula is C24H23FN2O2. The first kappa shape index (κ1) is 19.0. The minimum Gasteiger partial charge on any atom is -0.489 e. The van der Waals surface area contributed by atoms with Gasteiger partial charge in [0.25, 0.3) is 5.91 Å². The molecule has 1 amide bonds. The number of benzene rings is 3. The van der Waals surface area contributed by atoms with Gasteiger partial charge >= 0.3 is 0 Å². The second-order valence-electron chi connectivity index (χ2n) is 7.06. The lowest BCUT2D eigenvalue weighted by molar-refractivity contribution is 0.0746. The molecule has 5 heteroatoms. The van der Waals surface area contributed by atoms with Crippen LogP contribution in [-0.4, -0.2) is 37.0 Å². The number of carbonyl (C=O) groups is 1. The van der Waals surface area contributed by atoms with Crippen molar-refractivity contribution in [2.45, 2.75) is 6.61 Å². The fourth-order valence-electron chi connectivity index (χ4n) is 3.46. The molecule has 0 aliphatic carbocycles. The van der Waals surface area contributed by atoms with E-state index in [1.807, 2.05) is 53.4 Å². The number of nitrogens with zero attached hydrogens (tertiary/aromatic N) is 2. The number of amides is 1. The van der Waals surface area contributed by atoms with Gasteiger partial charge < -0.3 is 14.5 Å². The highest BCUT2D eigenvalue weighted by Crippen LogP contribution is 2.20. The summed E-state index contributed by atoms with van der Waals surface area (Å²) in [5.74, 6) is 0.454. The van der Waals surface area contributed by atoms with Crippen LogP contribution < -0.4 is 9.64 Å². The number of rotatable bonds is 5. The van der Waals surface area contributed by atoms with E-state index in [-0.39, 0.29) is 11.7 Å². The lowest BCUT2D eigenvalue weighted by Gasteiger charge is -2.36. The number of halogens is 1. The van der Waals surface area contributed by atoms with Gasteiger partial charge in [-0.25, -0.2) is 4.39 Å². The normalized spacial score (nSPS) is 14.0. The third-order valence-corrected chi connectivity index (χ3v) is 5.09. The van der Waals surface area contributed by atoms with Gasteiger partial charge in [-0.1, -0.05) is 36.4 Å². The van der Waals surface area contributed by atoms with E-state index in [9.17, 15) is 9.18 Å². The Labute approximate surface area is 170 Å². The summed E-state index contributed by atoms with van der Waals surface area (Å²) >= 11 is 0. The van der Waals surface area contributed by atoms with Crippen LogP contribution in [0.25, 0.3) is 0 Å². The van der Waals surface area contributed by atoms with E-state index in [1.54, 1.807) is 18.2 Å². The van der Waals surface area contributed by atoms with E-state index in [0.717, 1.165) is 24.3 Å². The smallest absolute Gasteiger partial charge is 0.254 e. The summed E-state index contributed by atoms with van der Waals surface area (Å²) in [6, 6.07) is 23.8. The molecule has 0 spiro atoms. The molecule has 1 saturated heterocycles. The third kappa shape index (κ3) is 4.74. The molecule has 1 fully saturated rings. The van der Waals surface area contributed by atoms with Gasteiger partial charge in [0.2, 0.25) is 0 Å². The Kier molecular flexibility index (Phi) is 5.75. The van der Waals surface area contributed by atoms with Crippen molar-refractivity contribution in [3.05, 3.63) is 95.8 Å². The van der Waals surface area contributed by atoms with Crippen molar-refractivity contribution < 1.29 is 13.9 Å². The van der Waals surface area contributed by atoms with Gasteiger partial charge in [0, 0.05) is 37.4 Å². The highest BCUT2D eigenvalue weighted by atomic mass is 19.1. The second-order valence-corrected chi connectivity index (χ2v) is 7.06. The maximum atomic E-state index is 13.1. The van der Waals surface area contributed by atoms with Crippen LogP contribution in [0.15, 0.2) is 78.9 Å². The summed E-state index contributed by atoms with van der Waals surface area (Å²) in [5.41, 5.74) is 2.70. The van der Waals surface area contributed by atoms with Gasteiger partial charge in [0.05, 0.1) is 0 Å². The predicted molar refractivity (Wildman–Crippen MR) is 112 cm³/mol. The van der Waals surface area contributed by atoms with Crippen molar-refractivity contribution in [3.63, 3.8) is 0 Å². The molecule has 29 heavy (non-hydrogen) atoms. The lowest BCUT2D eigenvalue weighted by atomic mass is 10.1. The molecule has 4 rings (SSSR count). The summed E-state index contributed by atoms with van der Waals surface area (Å²) < 4.78 is 19.0. The van der Waals surface area contributed by atoms with Crippen LogP contribution in [0.1, 0.15) is 15.9 Å².